The maximum absolute atomic E-state index is 5.81. The van der Waals surface area contributed by atoms with Crippen LogP contribution in [-0.2, 0) is 6.54 Å². The van der Waals surface area contributed by atoms with E-state index in [1.54, 1.807) is 0 Å². The summed E-state index contributed by atoms with van der Waals surface area (Å²) in [5.41, 5.74) is 7.07. The molecule has 2 heterocycles. The largest absolute Gasteiger partial charge is 0.329 e. The molecule has 1 aromatic heterocycles. The molecule has 0 saturated carbocycles. The smallest absolute Gasteiger partial charge is 0.106 e. The first-order valence-electron chi connectivity index (χ1n) is 5.84. The van der Waals surface area contributed by atoms with E-state index in [0.29, 0.717) is 6.04 Å². The van der Waals surface area contributed by atoms with E-state index in [4.69, 9.17) is 5.73 Å². The molecule has 1 aliphatic heterocycles. The predicted molar refractivity (Wildman–Crippen MR) is 69.0 cm³/mol. The molecule has 0 amide bonds. The van der Waals surface area contributed by atoms with Gasteiger partial charge in [0.05, 0.1) is 0 Å². The molecule has 0 aliphatic carbocycles. The fraction of sp³-hybridized carbons (Fsp3) is 0.583. The van der Waals surface area contributed by atoms with Crippen LogP contribution in [0.3, 0.4) is 0 Å². The number of aromatic nitrogens is 1. The normalized spacial score (nSPS) is 22.2. The van der Waals surface area contributed by atoms with Crippen molar-refractivity contribution in [2.24, 2.45) is 5.73 Å². The molecule has 2 N–H and O–H groups in total. The Kier molecular flexibility index (Phi) is 4.32. The summed E-state index contributed by atoms with van der Waals surface area (Å²) in [6.07, 6.45) is 5.78. The van der Waals surface area contributed by atoms with Crippen molar-refractivity contribution in [3.8, 4) is 0 Å². The molecule has 88 valence electrons. The lowest BCUT2D eigenvalue weighted by Gasteiger charge is -2.34. The molecule has 16 heavy (non-hydrogen) atoms. The number of halogens is 1. The van der Waals surface area contributed by atoms with E-state index in [1.807, 2.05) is 12.3 Å². The number of hydrogen-bond donors (Lipinski definition) is 1. The van der Waals surface area contributed by atoms with Crippen molar-refractivity contribution in [2.75, 3.05) is 13.1 Å². The van der Waals surface area contributed by atoms with Crippen molar-refractivity contribution in [3.63, 3.8) is 0 Å². The van der Waals surface area contributed by atoms with Crippen LogP contribution in [0.15, 0.2) is 22.9 Å². The van der Waals surface area contributed by atoms with Crippen LogP contribution in [0.1, 0.15) is 24.8 Å². The van der Waals surface area contributed by atoms with Crippen molar-refractivity contribution >= 4 is 15.9 Å². The minimum Gasteiger partial charge on any atom is -0.329 e. The summed E-state index contributed by atoms with van der Waals surface area (Å²) in [5.74, 6) is 0. The highest BCUT2D eigenvalue weighted by atomic mass is 79.9. The van der Waals surface area contributed by atoms with Gasteiger partial charge in [0.2, 0.25) is 0 Å². The van der Waals surface area contributed by atoms with Crippen LogP contribution in [0.4, 0.5) is 0 Å². The van der Waals surface area contributed by atoms with Gasteiger partial charge >= 0.3 is 0 Å². The summed E-state index contributed by atoms with van der Waals surface area (Å²) < 4.78 is 0.894. The van der Waals surface area contributed by atoms with Crippen molar-refractivity contribution in [2.45, 2.75) is 31.8 Å². The third kappa shape index (κ3) is 3.03. The third-order valence-corrected chi connectivity index (χ3v) is 3.66. The summed E-state index contributed by atoms with van der Waals surface area (Å²) in [6, 6.07) is 4.67. The number of piperidine rings is 1. The SMILES string of the molecule is NCC1CCCCN1Cc1ccc(Br)nc1. The first-order valence-corrected chi connectivity index (χ1v) is 6.63. The van der Waals surface area contributed by atoms with Crippen molar-refractivity contribution in [1.29, 1.82) is 0 Å². The van der Waals surface area contributed by atoms with Crippen LogP contribution >= 0.6 is 15.9 Å². The number of likely N-dealkylation sites (tertiary alicyclic amines) is 1. The zero-order valence-electron chi connectivity index (χ0n) is 9.40. The van der Waals surface area contributed by atoms with Gasteiger partial charge in [0.25, 0.3) is 0 Å². The molecule has 1 aromatic rings. The van der Waals surface area contributed by atoms with E-state index in [0.717, 1.165) is 24.2 Å². The molecular weight excluding hydrogens is 266 g/mol. The maximum Gasteiger partial charge on any atom is 0.106 e. The number of nitrogens with two attached hydrogens (primary N) is 1. The van der Waals surface area contributed by atoms with Crippen LogP contribution in [-0.4, -0.2) is 29.0 Å². The predicted octanol–water partition coefficient (Wildman–Crippen LogP) is 2.16. The Morgan fingerprint density at radius 3 is 3.00 bits per heavy atom. The fourth-order valence-corrected chi connectivity index (χ4v) is 2.50. The Labute approximate surface area is 105 Å². The molecule has 3 nitrogen and oxygen atoms in total. The Morgan fingerprint density at radius 2 is 2.31 bits per heavy atom. The fourth-order valence-electron chi connectivity index (χ4n) is 2.27. The van der Waals surface area contributed by atoms with Crippen LogP contribution in [0, 0.1) is 0 Å². The lowest BCUT2D eigenvalue weighted by molar-refractivity contribution is 0.144. The Bertz CT molecular complexity index is 326. The summed E-state index contributed by atoms with van der Waals surface area (Å²) in [5, 5.41) is 0. The Hall–Kier alpha value is -0.450. The van der Waals surface area contributed by atoms with Crippen molar-refractivity contribution < 1.29 is 0 Å². The second kappa shape index (κ2) is 5.75. The van der Waals surface area contributed by atoms with E-state index in [2.05, 4.69) is 31.9 Å². The summed E-state index contributed by atoms with van der Waals surface area (Å²) >= 11 is 3.35. The number of pyridine rings is 1. The second-order valence-electron chi connectivity index (χ2n) is 4.34. The Balaban J connectivity index is 1.99. The zero-order valence-corrected chi connectivity index (χ0v) is 11.0. The van der Waals surface area contributed by atoms with Gasteiger partial charge in [-0.3, -0.25) is 4.90 Å². The lowest BCUT2D eigenvalue weighted by atomic mass is 10.0. The van der Waals surface area contributed by atoms with Crippen molar-refractivity contribution in [3.05, 3.63) is 28.5 Å². The molecule has 0 bridgehead atoms. The van der Waals surface area contributed by atoms with Crippen LogP contribution in [0.2, 0.25) is 0 Å². The van der Waals surface area contributed by atoms with Gasteiger partial charge < -0.3 is 5.73 Å². The van der Waals surface area contributed by atoms with E-state index in [9.17, 15) is 0 Å². The highest BCUT2D eigenvalue weighted by Gasteiger charge is 2.20. The van der Waals surface area contributed by atoms with Crippen LogP contribution in [0.25, 0.3) is 0 Å². The molecule has 1 fully saturated rings. The van der Waals surface area contributed by atoms with Gasteiger partial charge in [-0.2, -0.15) is 0 Å². The minimum absolute atomic E-state index is 0.553. The molecule has 1 atom stereocenters. The van der Waals surface area contributed by atoms with Gasteiger partial charge in [-0.15, -0.1) is 0 Å². The Morgan fingerprint density at radius 1 is 1.44 bits per heavy atom. The van der Waals surface area contributed by atoms with Gasteiger partial charge in [0.15, 0.2) is 0 Å². The monoisotopic (exact) mass is 283 g/mol. The maximum atomic E-state index is 5.81. The number of nitrogens with zero attached hydrogens (tertiary/aromatic N) is 2. The molecule has 2 rings (SSSR count). The number of hydrogen-bond acceptors (Lipinski definition) is 3. The average Bonchev–Trinajstić information content (AvgIpc) is 2.33. The molecule has 0 radical (unpaired) electrons. The molecular formula is C12H18BrN3. The van der Waals surface area contributed by atoms with Gasteiger partial charge in [-0.25, -0.2) is 4.98 Å². The molecule has 0 spiro atoms. The standard InChI is InChI=1S/C12H18BrN3/c13-12-5-4-10(8-15-12)9-16-6-2-1-3-11(16)7-14/h4-5,8,11H,1-3,6-7,9,14H2. The van der Waals surface area contributed by atoms with Crippen LogP contribution < -0.4 is 5.73 Å². The molecule has 4 heteroatoms. The van der Waals surface area contributed by atoms with E-state index in [1.165, 1.54) is 24.8 Å². The molecule has 1 unspecified atom stereocenters. The topological polar surface area (TPSA) is 42.1 Å². The zero-order chi connectivity index (χ0) is 11.4. The summed E-state index contributed by atoms with van der Waals surface area (Å²) in [6.45, 7) is 2.91. The highest BCUT2D eigenvalue weighted by Crippen LogP contribution is 2.19. The lowest BCUT2D eigenvalue weighted by Crippen LogP contribution is -2.43. The van der Waals surface area contributed by atoms with Gasteiger partial charge in [0.1, 0.15) is 4.60 Å². The van der Waals surface area contributed by atoms with Gasteiger partial charge in [0, 0.05) is 25.3 Å². The van der Waals surface area contributed by atoms with E-state index < -0.39 is 0 Å². The third-order valence-electron chi connectivity index (χ3n) is 3.20. The summed E-state index contributed by atoms with van der Waals surface area (Å²) in [7, 11) is 0. The average molecular weight is 284 g/mol. The molecule has 1 saturated heterocycles. The van der Waals surface area contributed by atoms with Crippen LogP contribution in [0.5, 0.6) is 0 Å². The van der Waals surface area contributed by atoms with Gasteiger partial charge in [-0.05, 0) is 46.9 Å². The van der Waals surface area contributed by atoms with E-state index >= 15 is 0 Å². The quantitative estimate of drug-likeness (QED) is 0.865. The minimum atomic E-state index is 0.553. The van der Waals surface area contributed by atoms with Crippen molar-refractivity contribution in [1.82, 2.24) is 9.88 Å². The second-order valence-corrected chi connectivity index (χ2v) is 5.16. The first-order chi connectivity index (χ1) is 7.79. The highest BCUT2D eigenvalue weighted by molar-refractivity contribution is 9.10. The number of rotatable bonds is 3. The summed E-state index contributed by atoms with van der Waals surface area (Å²) in [4.78, 5) is 6.73. The molecule has 0 aromatic carbocycles. The van der Waals surface area contributed by atoms with Gasteiger partial charge in [-0.1, -0.05) is 12.5 Å². The van der Waals surface area contributed by atoms with E-state index in [-0.39, 0.29) is 0 Å². The first kappa shape index (κ1) is 12.0. The molecule has 1 aliphatic rings.